The van der Waals surface area contributed by atoms with Crippen molar-refractivity contribution in [1.29, 1.82) is 5.26 Å². The minimum Gasteiger partial charge on any atom is -0.352 e. The van der Waals surface area contributed by atoms with Crippen molar-refractivity contribution < 1.29 is 4.79 Å². The molecule has 1 aromatic carbocycles. The van der Waals surface area contributed by atoms with Gasteiger partial charge in [0.15, 0.2) is 5.82 Å². The van der Waals surface area contributed by atoms with Crippen LogP contribution >= 0.6 is 11.3 Å². The van der Waals surface area contributed by atoms with Crippen LogP contribution in [0.3, 0.4) is 0 Å². The Labute approximate surface area is 189 Å². The molecule has 0 atom stereocenters. The Morgan fingerprint density at radius 2 is 1.81 bits per heavy atom. The maximum absolute atomic E-state index is 13.2. The highest BCUT2D eigenvalue weighted by atomic mass is 32.1. The van der Waals surface area contributed by atoms with E-state index in [1.807, 2.05) is 52.7 Å². The summed E-state index contributed by atoms with van der Waals surface area (Å²) in [5, 5.41) is 15.9. The standard InChI is InChI=1S/C23H19N7OS/c24-16-17-6-4-10-25-21(17)28-11-13-29(14-12-28)23(31)20-26-22(19-9-5-15-32-19)30(27-20)18-7-2-1-3-8-18/h1-10,15H,11-14H2. The zero-order valence-electron chi connectivity index (χ0n) is 17.1. The average Bonchev–Trinajstić information content (AvgIpc) is 3.54. The molecule has 0 radical (unpaired) electrons. The minimum atomic E-state index is -0.196. The van der Waals surface area contributed by atoms with Gasteiger partial charge in [0.2, 0.25) is 5.82 Å². The molecule has 0 spiro atoms. The number of aromatic nitrogens is 4. The molecule has 1 fully saturated rings. The SMILES string of the molecule is N#Cc1cccnc1N1CCN(C(=O)c2nc(-c3cccs3)n(-c3ccccc3)n2)CC1. The summed E-state index contributed by atoms with van der Waals surface area (Å²) in [5.41, 5.74) is 1.39. The number of nitrogens with zero attached hydrogens (tertiary/aromatic N) is 7. The molecule has 1 aliphatic rings. The number of thiophene rings is 1. The summed E-state index contributed by atoms with van der Waals surface area (Å²) in [4.78, 5) is 26.9. The zero-order valence-corrected chi connectivity index (χ0v) is 17.9. The van der Waals surface area contributed by atoms with Gasteiger partial charge in [-0.25, -0.2) is 14.6 Å². The van der Waals surface area contributed by atoms with E-state index >= 15 is 0 Å². The van der Waals surface area contributed by atoms with E-state index in [4.69, 9.17) is 0 Å². The normalized spacial score (nSPS) is 13.7. The number of para-hydroxylation sites is 1. The molecule has 32 heavy (non-hydrogen) atoms. The van der Waals surface area contributed by atoms with Gasteiger partial charge in [0.1, 0.15) is 11.9 Å². The second-order valence-corrected chi connectivity index (χ2v) is 8.20. The van der Waals surface area contributed by atoms with Gasteiger partial charge in [-0.05, 0) is 35.7 Å². The lowest BCUT2D eigenvalue weighted by atomic mass is 10.2. The molecule has 1 amide bonds. The van der Waals surface area contributed by atoms with Gasteiger partial charge in [-0.3, -0.25) is 4.79 Å². The first-order valence-electron chi connectivity index (χ1n) is 10.2. The Hall–Kier alpha value is -4.03. The molecule has 1 aliphatic heterocycles. The van der Waals surface area contributed by atoms with Gasteiger partial charge in [0.05, 0.1) is 16.1 Å². The predicted octanol–water partition coefficient (Wildman–Crippen LogP) is 3.22. The summed E-state index contributed by atoms with van der Waals surface area (Å²) in [6.45, 7) is 2.20. The molecule has 0 unspecified atom stereocenters. The van der Waals surface area contributed by atoms with Crippen LogP contribution in [0.5, 0.6) is 0 Å². The Morgan fingerprint density at radius 3 is 2.53 bits per heavy atom. The molecule has 4 heterocycles. The van der Waals surface area contributed by atoms with Gasteiger partial charge in [-0.1, -0.05) is 24.3 Å². The Kier molecular flexibility index (Phi) is 5.35. The number of carbonyl (C=O) groups is 1. The third kappa shape index (κ3) is 3.72. The van der Waals surface area contributed by atoms with Crippen molar-refractivity contribution in [2.75, 3.05) is 31.1 Å². The third-order valence-electron chi connectivity index (χ3n) is 5.31. The van der Waals surface area contributed by atoms with Crippen molar-refractivity contribution in [3.05, 3.63) is 77.6 Å². The lowest BCUT2D eigenvalue weighted by molar-refractivity contribution is 0.0734. The van der Waals surface area contributed by atoms with Gasteiger partial charge in [-0.15, -0.1) is 16.4 Å². The number of amides is 1. The third-order valence-corrected chi connectivity index (χ3v) is 6.18. The van der Waals surface area contributed by atoms with Crippen molar-refractivity contribution in [2.45, 2.75) is 0 Å². The highest BCUT2D eigenvalue weighted by molar-refractivity contribution is 7.13. The van der Waals surface area contributed by atoms with Crippen LogP contribution in [0.25, 0.3) is 16.4 Å². The lowest BCUT2D eigenvalue weighted by Gasteiger charge is -2.35. The second-order valence-electron chi connectivity index (χ2n) is 7.25. The number of hydrogen-bond acceptors (Lipinski definition) is 7. The fourth-order valence-corrected chi connectivity index (χ4v) is 4.41. The molecule has 0 N–H and O–H groups in total. The van der Waals surface area contributed by atoms with Crippen LogP contribution in [0.15, 0.2) is 66.2 Å². The van der Waals surface area contributed by atoms with Crippen molar-refractivity contribution in [3.8, 4) is 22.5 Å². The molecular formula is C23H19N7OS. The van der Waals surface area contributed by atoms with Crippen LogP contribution in [0, 0.1) is 11.3 Å². The highest BCUT2D eigenvalue weighted by Crippen LogP contribution is 2.26. The molecule has 9 heteroatoms. The minimum absolute atomic E-state index is 0.182. The van der Waals surface area contributed by atoms with Gasteiger partial charge < -0.3 is 9.80 Å². The topological polar surface area (TPSA) is 90.9 Å². The number of piperazine rings is 1. The van der Waals surface area contributed by atoms with Crippen molar-refractivity contribution >= 4 is 23.1 Å². The lowest BCUT2D eigenvalue weighted by Crippen LogP contribution is -2.49. The quantitative estimate of drug-likeness (QED) is 0.483. The van der Waals surface area contributed by atoms with E-state index in [1.54, 1.807) is 39.2 Å². The fraction of sp³-hybridized carbons (Fsp3) is 0.174. The molecule has 3 aromatic heterocycles. The Balaban J connectivity index is 1.38. The molecule has 0 saturated carbocycles. The maximum atomic E-state index is 13.2. The first-order chi connectivity index (χ1) is 15.7. The number of pyridine rings is 1. The molecule has 158 valence electrons. The van der Waals surface area contributed by atoms with Crippen LogP contribution in [0.2, 0.25) is 0 Å². The fourth-order valence-electron chi connectivity index (χ4n) is 3.72. The summed E-state index contributed by atoms with van der Waals surface area (Å²) >= 11 is 1.56. The molecule has 5 rings (SSSR count). The first-order valence-corrected chi connectivity index (χ1v) is 11.1. The van der Waals surface area contributed by atoms with Gasteiger partial charge in [0.25, 0.3) is 5.91 Å². The summed E-state index contributed by atoms with van der Waals surface area (Å²) in [5.74, 6) is 1.30. The molecule has 4 aromatic rings. The molecule has 0 bridgehead atoms. The number of rotatable bonds is 4. The van der Waals surface area contributed by atoms with E-state index in [9.17, 15) is 10.1 Å². The van der Waals surface area contributed by atoms with Gasteiger partial charge in [0, 0.05) is 32.4 Å². The zero-order chi connectivity index (χ0) is 21.9. The summed E-state index contributed by atoms with van der Waals surface area (Å²) in [6.07, 6.45) is 1.68. The highest BCUT2D eigenvalue weighted by Gasteiger charge is 2.28. The van der Waals surface area contributed by atoms with E-state index in [0.29, 0.717) is 43.4 Å². The summed E-state index contributed by atoms with van der Waals surface area (Å²) in [7, 11) is 0. The largest absolute Gasteiger partial charge is 0.352 e. The molecule has 1 saturated heterocycles. The van der Waals surface area contributed by atoms with E-state index in [2.05, 4.69) is 21.1 Å². The van der Waals surface area contributed by atoms with E-state index in [-0.39, 0.29) is 11.7 Å². The van der Waals surface area contributed by atoms with E-state index < -0.39 is 0 Å². The van der Waals surface area contributed by atoms with Crippen LogP contribution < -0.4 is 4.90 Å². The summed E-state index contributed by atoms with van der Waals surface area (Å²) < 4.78 is 1.72. The van der Waals surface area contributed by atoms with E-state index in [1.165, 1.54) is 0 Å². The number of anilines is 1. The van der Waals surface area contributed by atoms with Crippen LogP contribution in [0.1, 0.15) is 16.2 Å². The molecule has 8 nitrogen and oxygen atoms in total. The summed E-state index contributed by atoms with van der Waals surface area (Å²) in [6, 6.07) is 19.3. The monoisotopic (exact) mass is 441 g/mol. The number of carbonyl (C=O) groups excluding carboxylic acids is 1. The number of nitriles is 1. The maximum Gasteiger partial charge on any atom is 0.293 e. The molecule has 0 aliphatic carbocycles. The Morgan fingerprint density at radius 1 is 1.00 bits per heavy atom. The second kappa shape index (κ2) is 8.61. The smallest absolute Gasteiger partial charge is 0.293 e. The number of benzene rings is 1. The van der Waals surface area contributed by atoms with Gasteiger partial charge >= 0.3 is 0 Å². The van der Waals surface area contributed by atoms with Crippen molar-refractivity contribution in [3.63, 3.8) is 0 Å². The van der Waals surface area contributed by atoms with Crippen LogP contribution in [-0.4, -0.2) is 56.7 Å². The average molecular weight is 442 g/mol. The predicted molar refractivity (Wildman–Crippen MR) is 122 cm³/mol. The number of hydrogen-bond donors (Lipinski definition) is 0. The molecular weight excluding hydrogens is 422 g/mol. The first kappa shape index (κ1) is 19.9. The van der Waals surface area contributed by atoms with Crippen molar-refractivity contribution in [2.24, 2.45) is 0 Å². The van der Waals surface area contributed by atoms with Crippen molar-refractivity contribution in [1.82, 2.24) is 24.6 Å². The van der Waals surface area contributed by atoms with Gasteiger partial charge in [-0.2, -0.15) is 5.26 Å². The van der Waals surface area contributed by atoms with Crippen LogP contribution in [0.4, 0.5) is 5.82 Å². The Bertz CT molecular complexity index is 1270. The van der Waals surface area contributed by atoms with Crippen LogP contribution in [-0.2, 0) is 0 Å². The van der Waals surface area contributed by atoms with E-state index in [0.717, 1.165) is 10.6 Å².